The van der Waals surface area contributed by atoms with Gasteiger partial charge in [0.1, 0.15) is 16.6 Å². The van der Waals surface area contributed by atoms with Crippen LogP contribution in [0.2, 0.25) is 10.0 Å². The van der Waals surface area contributed by atoms with Crippen molar-refractivity contribution in [2.75, 3.05) is 0 Å². The number of aromatic nitrogens is 2. The van der Waals surface area contributed by atoms with Crippen molar-refractivity contribution in [3.63, 3.8) is 0 Å². The number of hydrogen-bond donors (Lipinski definition) is 0. The fraction of sp³-hybridized carbons (Fsp3) is 0.158. The van der Waals surface area contributed by atoms with E-state index in [0.717, 1.165) is 10.2 Å². The maximum absolute atomic E-state index is 14.1. The molecule has 0 aliphatic carbocycles. The van der Waals surface area contributed by atoms with Crippen molar-refractivity contribution >= 4 is 23.2 Å². The highest BCUT2D eigenvalue weighted by Gasteiger charge is 2.25. The largest absolute Gasteiger partial charge is 0.460 e. The van der Waals surface area contributed by atoms with Crippen LogP contribution in [-0.4, -0.2) is 9.78 Å². The van der Waals surface area contributed by atoms with Crippen LogP contribution < -0.4 is 10.3 Å². The number of ether oxygens (including phenoxy) is 2. The lowest BCUT2D eigenvalue weighted by Crippen LogP contribution is -2.25. The summed E-state index contributed by atoms with van der Waals surface area (Å²) < 4.78 is 26.8. The summed E-state index contributed by atoms with van der Waals surface area (Å²) in [5.74, 6) is 0.0125. The van der Waals surface area contributed by atoms with E-state index in [-0.39, 0.29) is 23.2 Å². The van der Waals surface area contributed by atoms with E-state index in [0.29, 0.717) is 16.9 Å². The van der Waals surface area contributed by atoms with E-state index in [1.54, 1.807) is 0 Å². The molecule has 0 unspecified atom stereocenters. The fourth-order valence-electron chi connectivity index (χ4n) is 2.89. The van der Waals surface area contributed by atoms with Gasteiger partial charge in [-0.15, -0.1) is 0 Å². The van der Waals surface area contributed by atoms with Gasteiger partial charge in [-0.1, -0.05) is 53.5 Å². The maximum Gasteiger partial charge on any atom is 0.287 e. The number of hydrogen-bond acceptors (Lipinski definition) is 4. The third kappa shape index (κ3) is 3.56. The second-order valence-corrected chi connectivity index (χ2v) is 6.78. The minimum absolute atomic E-state index is 0.0165. The Labute approximate surface area is 163 Å². The molecule has 1 aliphatic rings. The van der Waals surface area contributed by atoms with Gasteiger partial charge in [-0.25, -0.2) is 9.07 Å². The van der Waals surface area contributed by atoms with Crippen LogP contribution in [0.3, 0.4) is 0 Å². The minimum atomic E-state index is -0.624. The van der Waals surface area contributed by atoms with E-state index in [4.69, 9.17) is 32.7 Å². The molecule has 3 aromatic rings. The summed E-state index contributed by atoms with van der Waals surface area (Å²) in [5, 5.41) is 3.90. The summed E-state index contributed by atoms with van der Waals surface area (Å²) >= 11 is 11.7. The Morgan fingerprint density at radius 2 is 2.00 bits per heavy atom. The van der Waals surface area contributed by atoms with E-state index < -0.39 is 17.7 Å². The first-order chi connectivity index (χ1) is 13.0. The van der Waals surface area contributed by atoms with Crippen LogP contribution in [0.4, 0.5) is 4.39 Å². The van der Waals surface area contributed by atoms with Gasteiger partial charge in [-0.05, 0) is 12.1 Å². The van der Waals surface area contributed by atoms with E-state index >= 15 is 0 Å². The average molecular weight is 407 g/mol. The quantitative estimate of drug-likeness (QED) is 0.648. The molecular formula is C19H13Cl2FN2O3. The monoisotopic (exact) mass is 406 g/mol. The first kappa shape index (κ1) is 18.0. The van der Waals surface area contributed by atoms with Crippen LogP contribution in [0, 0.1) is 5.82 Å². The Morgan fingerprint density at radius 3 is 2.78 bits per heavy atom. The normalized spacial score (nSPS) is 15.9. The average Bonchev–Trinajstić information content (AvgIpc) is 2.68. The third-order valence-electron chi connectivity index (χ3n) is 4.16. The molecule has 138 valence electrons. The van der Waals surface area contributed by atoms with Gasteiger partial charge >= 0.3 is 0 Å². The number of nitrogens with zero attached hydrogens (tertiary/aromatic N) is 2. The summed E-state index contributed by atoms with van der Waals surface area (Å²) in [7, 11) is 0. The smallest absolute Gasteiger partial charge is 0.287 e. The van der Waals surface area contributed by atoms with Crippen LogP contribution in [0.25, 0.3) is 0 Å². The second kappa shape index (κ2) is 7.31. The van der Waals surface area contributed by atoms with E-state index in [1.807, 2.05) is 30.3 Å². The van der Waals surface area contributed by atoms with Gasteiger partial charge in [0.05, 0.1) is 24.4 Å². The van der Waals surface area contributed by atoms with Crippen LogP contribution in [-0.2, 0) is 17.9 Å². The SMILES string of the molecule is O=c1c(Cl)c(Cl)cnn1Cc1cc(F)cc2c1O[C@@H](c1ccccc1)OC2. The van der Waals surface area contributed by atoms with Gasteiger partial charge < -0.3 is 9.47 Å². The highest BCUT2D eigenvalue weighted by atomic mass is 35.5. The molecule has 8 heteroatoms. The van der Waals surface area contributed by atoms with Gasteiger partial charge in [-0.2, -0.15) is 5.10 Å². The zero-order valence-electron chi connectivity index (χ0n) is 13.9. The Hall–Kier alpha value is -2.41. The molecule has 2 heterocycles. The third-order valence-corrected chi connectivity index (χ3v) is 4.91. The molecule has 0 N–H and O–H groups in total. The summed E-state index contributed by atoms with van der Waals surface area (Å²) in [4.78, 5) is 12.3. The highest BCUT2D eigenvalue weighted by Crippen LogP contribution is 2.36. The van der Waals surface area contributed by atoms with Crippen molar-refractivity contribution < 1.29 is 13.9 Å². The molecule has 5 nitrogen and oxygen atoms in total. The number of rotatable bonds is 3. The highest BCUT2D eigenvalue weighted by molar-refractivity contribution is 6.41. The molecule has 0 bridgehead atoms. The molecule has 0 spiro atoms. The minimum Gasteiger partial charge on any atom is -0.460 e. The molecule has 0 radical (unpaired) electrons. The van der Waals surface area contributed by atoms with Crippen molar-refractivity contribution in [1.29, 1.82) is 0 Å². The molecule has 1 aliphatic heterocycles. The Bertz CT molecular complexity index is 1060. The van der Waals surface area contributed by atoms with Crippen LogP contribution in [0.15, 0.2) is 53.5 Å². The van der Waals surface area contributed by atoms with Crippen molar-refractivity contribution in [2.24, 2.45) is 0 Å². The zero-order valence-corrected chi connectivity index (χ0v) is 15.4. The van der Waals surface area contributed by atoms with E-state index in [1.165, 1.54) is 18.3 Å². The molecule has 1 aromatic heterocycles. The Kier molecular flexibility index (Phi) is 4.86. The molecule has 4 rings (SSSR count). The summed E-state index contributed by atoms with van der Waals surface area (Å²) in [6.07, 6.45) is 0.648. The molecular weight excluding hydrogens is 394 g/mol. The van der Waals surface area contributed by atoms with Crippen LogP contribution in [0.1, 0.15) is 23.0 Å². The molecule has 0 amide bonds. The molecule has 0 saturated carbocycles. The lowest BCUT2D eigenvalue weighted by Gasteiger charge is -2.28. The summed E-state index contributed by atoms with van der Waals surface area (Å²) in [6.45, 7) is 0.167. The number of benzene rings is 2. The van der Waals surface area contributed by atoms with Crippen LogP contribution >= 0.6 is 23.2 Å². The van der Waals surface area contributed by atoms with Crippen LogP contribution in [0.5, 0.6) is 5.75 Å². The summed E-state index contributed by atoms with van der Waals surface area (Å²) in [5.41, 5.74) is 1.30. The molecule has 0 fully saturated rings. The predicted octanol–water partition coefficient (Wildman–Crippen LogP) is 4.35. The topological polar surface area (TPSA) is 53.4 Å². The molecule has 2 aromatic carbocycles. The second-order valence-electron chi connectivity index (χ2n) is 5.99. The van der Waals surface area contributed by atoms with Gasteiger partial charge in [0.2, 0.25) is 6.29 Å². The number of fused-ring (bicyclic) bond motifs is 1. The van der Waals surface area contributed by atoms with Gasteiger partial charge in [0.25, 0.3) is 5.56 Å². The van der Waals surface area contributed by atoms with Gasteiger partial charge in [-0.3, -0.25) is 4.79 Å². The lowest BCUT2D eigenvalue weighted by atomic mass is 10.1. The van der Waals surface area contributed by atoms with Gasteiger partial charge in [0.15, 0.2) is 0 Å². The van der Waals surface area contributed by atoms with E-state index in [2.05, 4.69) is 5.10 Å². The Morgan fingerprint density at radius 1 is 1.22 bits per heavy atom. The van der Waals surface area contributed by atoms with Crippen molar-refractivity contribution in [2.45, 2.75) is 19.4 Å². The number of halogens is 3. The Balaban J connectivity index is 1.72. The fourth-order valence-corrected chi connectivity index (χ4v) is 3.16. The summed E-state index contributed by atoms with van der Waals surface area (Å²) in [6, 6.07) is 12.1. The van der Waals surface area contributed by atoms with Gasteiger partial charge in [0, 0.05) is 16.7 Å². The first-order valence-electron chi connectivity index (χ1n) is 8.08. The molecule has 0 saturated heterocycles. The van der Waals surface area contributed by atoms with Crippen molar-refractivity contribution in [3.8, 4) is 5.75 Å². The van der Waals surface area contributed by atoms with Crippen molar-refractivity contribution in [1.82, 2.24) is 9.78 Å². The zero-order chi connectivity index (χ0) is 19.0. The van der Waals surface area contributed by atoms with Crippen molar-refractivity contribution in [3.05, 3.63) is 91.6 Å². The lowest BCUT2D eigenvalue weighted by molar-refractivity contribution is -0.112. The first-order valence-corrected chi connectivity index (χ1v) is 8.84. The molecule has 27 heavy (non-hydrogen) atoms. The van der Waals surface area contributed by atoms with E-state index in [9.17, 15) is 9.18 Å². The standard InChI is InChI=1S/C19H13Cl2FN2O3/c20-15-8-23-24(18(25)16(15)21)9-12-6-14(22)7-13-10-26-19(27-17(12)13)11-4-2-1-3-5-11/h1-8,19H,9-10H2/t19-/m0/s1. The molecule has 1 atom stereocenters. The predicted molar refractivity (Wildman–Crippen MR) is 98.6 cm³/mol. The maximum atomic E-state index is 14.1.